The van der Waals surface area contributed by atoms with Gasteiger partial charge >= 0.3 is 6.01 Å². The van der Waals surface area contributed by atoms with E-state index in [1.54, 1.807) is 12.3 Å². The molecule has 0 atom stereocenters. The molecule has 0 aromatic carbocycles. The standard InChI is InChI=1S/C9H11N5O/c1-2-3-4-15-9-12-7(10)6-5-11-14-8(6)13-9/h2,5H,1,3-4H2,(H3,10,11,12,13,14). The van der Waals surface area contributed by atoms with Crippen LogP contribution in [-0.4, -0.2) is 26.8 Å². The predicted molar refractivity (Wildman–Crippen MR) is 56.4 cm³/mol. The van der Waals surface area contributed by atoms with E-state index < -0.39 is 0 Å². The first-order valence-corrected chi connectivity index (χ1v) is 4.51. The number of nitrogens with one attached hydrogen (secondary N) is 1. The van der Waals surface area contributed by atoms with Crippen LogP contribution in [0.4, 0.5) is 5.82 Å². The zero-order valence-corrected chi connectivity index (χ0v) is 8.10. The molecule has 0 saturated heterocycles. The van der Waals surface area contributed by atoms with Crippen molar-refractivity contribution in [1.29, 1.82) is 0 Å². The van der Waals surface area contributed by atoms with Crippen LogP contribution in [0, 0.1) is 0 Å². The summed E-state index contributed by atoms with van der Waals surface area (Å²) in [7, 11) is 0. The Labute approximate surface area is 86.2 Å². The van der Waals surface area contributed by atoms with Gasteiger partial charge in [-0.05, 0) is 6.42 Å². The van der Waals surface area contributed by atoms with Crippen molar-refractivity contribution in [2.45, 2.75) is 6.42 Å². The van der Waals surface area contributed by atoms with E-state index in [1.807, 2.05) is 0 Å². The molecule has 0 aliphatic rings. The molecule has 0 amide bonds. The average Bonchev–Trinajstić information content (AvgIpc) is 2.66. The third-order valence-corrected chi connectivity index (χ3v) is 1.87. The Kier molecular flexibility index (Phi) is 2.49. The molecular weight excluding hydrogens is 194 g/mol. The Bertz CT molecular complexity index is 478. The van der Waals surface area contributed by atoms with Gasteiger partial charge in [-0.25, -0.2) is 0 Å². The molecule has 0 aliphatic heterocycles. The Hall–Kier alpha value is -2.11. The van der Waals surface area contributed by atoms with Crippen molar-refractivity contribution in [2.24, 2.45) is 0 Å². The van der Waals surface area contributed by atoms with Crippen molar-refractivity contribution in [3.8, 4) is 6.01 Å². The number of fused-ring (bicyclic) bond motifs is 1. The van der Waals surface area contributed by atoms with Gasteiger partial charge in [-0.2, -0.15) is 15.1 Å². The Balaban J connectivity index is 2.24. The summed E-state index contributed by atoms with van der Waals surface area (Å²) in [4.78, 5) is 8.10. The zero-order valence-electron chi connectivity index (χ0n) is 8.10. The van der Waals surface area contributed by atoms with Crippen molar-refractivity contribution < 1.29 is 4.74 Å². The van der Waals surface area contributed by atoms with Crippen LogP contribution in [0.2, 0.25) is 0 Å². The molecule has 78 valence electrons. The van der Waals surface area contributed by atoms with Gasteiger partial charge in [-0.1, -0.05) is 6.08 Å². The minimum absolute atomic E-state index is 0.256. The fourth-order valence-electron chi connectivity index (χ4n) is 1.13. The van der Waals surface area contributed by atoms with Crippen LogP contribution in [-0.2, 0) is 0 Å². The summed E-state index contributed by atoms with van der Waals surface area (Å²) in [5, 5.41) is 7.23. The normalized spacial score (nSPS) is 10.4. The number of aromatic amines is 1. The van der Waals surface area contributed by atoms with Gasteiger partial charge in [0.25, 0.3) is 0 Å². The van der Waals surface area contributed by atoms with Gasteiger partial charge < -0.3 is 10.5 Å². The molecule has 0 fully saturated rings. The number of nitrogens with zero attached hydrogens (tertiary/aromatic N) is 3. The number of hydrogen-bond donors (Lipinski definition) is 2. The molecule has 0 spiro atoms. The van der Waals surface area contributed by atoms with Gasteiger partial charge in [0.05, 0.1) is 18.2 Å². The number of anilines is 1. The maximum absolute atomic E-state index is 5.69. The molecule has 2 rings (SSSR count). The van der Waals surface area contributed by atoms with E-state index in [2.05, 4.69) is 26.7 Å². The summed E-state index contributed by atoms with van der Waals surface area (Å²) < 4.78 is 5.28. The maximum Gasteiger partial charge on any atom is 0.320 e. The molecule has 0 aliphatic carbocycles. The summed E-state index contributed by atoms with van der Waals surface area (Å²) in [6.45, 7) is 4.08. The SMILES string of the molecule is C=CCCOc1nc(N)c2cn[nH]c2n1. The third-order valence-electron chi connectivity index (χ3n) is 1.87. The number of H-pyrrole nitrogens is 1. The molecule has 0 radical (unpaired) electrons. The highest BCUT2D eigenvalue weighted by atomic mass is 16.5. The topological polar surface area (TPSA) is 89.7 Å². The van der Waals surface area contributed by atoms with E-state index in [9.17, 15) is 0 Å². The molecule has 0 unspecified atom stereocenters. The number of rotatable bonds is 4. The molecule has 15 heavy (non-hydrogen) atoms. The van der Waals surface area contributed by atoms with E-state index >= 15 is 0 Å². The molecule has 6 nitrogen and oxygen atoms in total. The molecule has 0 saturated carbocycles. The molecule has 2 aromatic rings. The Morgan fingerprint density at radius 1 is 1.53 bits per heavy atom. The number of hydrogen-bond acceptors (Lipinski definition) is 5. The highest BCUT2D eigenvalue weighted by molar-refractivity contribution is 5.84. The third kappa shape index (κ3) is 1.88. The van der Waals surface area contributed by atoms with Crippen molar-refractivity contribution in [2.75, 3.05) is 12.3 Å². The van der Waals surface area contributed by atoms with Gasteiger partial charge in [0.1, 0.15) is 5.82 Å². The largest absolute Gasteiger partial charge is 0.463 e. The van der Waals surface area contributed by atoms with Gasteiger partial charge in [0.2, 0.25) is 0 Å². The van der Waals surface area contributed by atoms with Gasteiger partial charge in [0, 0.05) is 0 Å². The van der Waals surface area contributed by atoms with Crippen LogP contribution >= 0.6 is 0 Å². The minimum atomic E-state index is 0.256. The van der Waals surface area contributed by atoms with Crippen molar-refractivity contribution in [1.82, 2.24) is 20.2 Å². The van der Waals surface area contributed by atoms with E-state index in [0.29, 0.717) is 23.5 Å². The van der Waals surface area contributed by atoms with E-state index in [1.165, 1.54) is 0 Å². The number of nitrogen functional groups attached to an aromatic ring is 1. The number of ether oxygens (including phenoxy) is 1. The number of nitrogens with two attached hydrogens (primary N) is 1. The van der Waals surface area contributed by atoms with E-state index in [4.69, 9.17) is 10.5 Å². The molecule has 6 heteroatoms. The van der Waals surface area contributed by atoms with Crippen LogP contribution in [0.25, 0.3) is 11.0 Å². The lowest BCUT2D eigenvalue weighted by Gasteiger charge is -2.02. The van der Waals surface area contributed by atoms with Gasteiger partial charge in [0.15, 0.2) is 5.65 Å². The summed E-state index contributed by atoms with van der Waals surface area (Å²) in [5.74, 6) is 0.363. The van der Waals surface area contributed by atoms with Crippen molar-refractivity contribution in [3.63, 3.8) is 0 Å². The summed E-state index contributed by atoms with van der Waals surface area (Å²) in [6, 6.07) is 0.256. The Morgan fingerprint density at radius 2 is 2.40 bits per heavy atom. The summed E-state index contributed by atoms with van der Waals surface area (Å²) in [5.41, 5.74) is 6.27. The van der Waals surface area contributed by atoms with Gasteiger partial charge in [-0.3, -0.25) is 5.10 Å². The second kappa shape index (κ2) is 3.95. The molecule has 3 N–H and O–H groups in total. The maximum atomic E-state index is 5.69. The highest BCUT2D eigenvalue weighted by Gasteiger charge is 2.06. The van der Waals surface area contributed by atoms with Crippen LogP contribution in [0.5, 0.6) is 6.01 Å². The fourth-order valence-corrected chi connectivity index (χ4v) is 1.13. The van der Waals surface area contributed by atoms with Crippen molar-refractivity contribution in [3.05, 3.63) is 18.9 Å². The molecule has 2 heterocycles. The molecule has 2 aromatic heterocycles. The van der Waals surface area contributed by atoms with Crippen LogP contribution in [0.15, 0.2) is 18.9 Å². The molecular formula is C9H11N5O. The highest BCUT2D eigenvalue weighted by Crippen LogP contribution is 2.17. The van der Waals surface area contributed by atoms with E-state index in [0.717, 1.165) is 6.42 Å². The van der Waals surface area contributed by atoms with Crippen molar-refractivity contribution >= 4 is 16.9 Å². The smallest absolute Gasteiger partial charge is 0.320 e. The average molecular weight is 205 g/mol. The van der Waals surface area contributed by atoms with E-state index in [-0.39, 0.29) is 6.01 Å². The predicted octanol–water partition coefficient (Wildman–Crippen LogP) is 0.890. The number of aromatic nitrogens is 4. The lowest BCUT2D eigenvalue weighted by atomic mass is 10.4. The zero-order chi connectivity index (χ0) is 10.7. The summed E-state index contributed by atoms with van der Waals surface area (Å²) >= 11 is 0. The first-order valence-electron chi connectivity index (χ1n) is 4.51. The lowest BCUT2D eigenvalue weighted by molar-refractivity contribution is 0.300. The quantitative estimate of drug-likeness (QED) is 0.571. The minimum Gasteiger partial charge on any atom is -0.463 e. The second-order valence-electron chi connectivity index (χ2n) is 2.95. The first-order chi connectivity index (χ1) is 7.31. The van der Waals surface area contributed by atoms with Crippen LogP contribution < -0.4 is 10.5 Å². The first kappa shape index (κ1) is 9.45. The summed E-state index contributed by atoms with van der Waals surface area (Å²) in [6.07, 6.45) is 4.08. The second-order valence-corrected chi connectivity index (χ2v) is 2.95. The monoisotopic (exact) mass is 205 g/mol. The lowest BCUT2D eigenvalue weighted by Crippen LogP contribution is -2.02. The Morgan fingerprint density at radius 3 is 3.20 bits per heavy atom. The van der Waals surface area contributed by atoms with Crippen LogP contribution in [0.1, 0.15) is 6.42 Å². The van der Waals surface area contributed by atoms with Gasteiger partial charge in [-0.15, -0.1) is 6.58 Å². The van der Waals surface area contributed by atoms with Crippen LogP contribution in [0.3, 0.4) is 0 Å². The fraction of sp³-hybridized carbons (Fsp3) is 0.222. The molecule has 0 bridgehead atoms.